The Morgan fingerprint density at radius 1 is 1.21 bits per heavy atom. The first-order chi connectivity index (χ1) is 13.2. The predicted molar refractivity (Wildman–Crippen MR) is 89.3 cm³/mol. The van der Waals surface area contributed by atoms with Crippen LogP contribution in [0.15, 0.2) is 23.5 Å². The van der Waals surface area contributed by atoms with Gasteiger partial charge in [-0.2, -0.15) is 0 Å². The van der Waals surface area contributed by atoms with Gasteiger partial charge in [-0.05, 0) is 6.92 Å². The third kappa shape index (κ3) is 4.51. The van der Waals surface area contributed by atoms with Crippen LogP contribution in [0.4, 0.5) is 0 Å². The molecule has 7 atom stereocenters. The molecule has 0 bridgehead atoms. The molecular formula is C17H24O11. The summed E-state index contributed by atoms with van der Waals surface area (Å²) in [4.78, 5) is 23.2. The van der Waals surface area contributed by atoms with Crippen molar-refractivity contribution in [1.82, 2.24) is 0 Å². The van der Waals surface area contributed by atoms with Crippen molar-refractivity contribution in [3.63, 3.8) is 0 Å². The zero-order chi connectivity index (χ0) is 21.0. The van der Waals surface area contributed by atoms with E-state index in [1.807, 2.05) is 0 Å². The Morgan fingerprint density at radius 2 is 1.89 bits per heavy atom. The maximum Gasteiger partial charge on any atom is 0.337 e. The first-order valence-corrected chi connectivity index (χ1v) is 8.52. The van der Waals surface area contributed by atoms with Crippen molar-refractivity contribution in [2.45, 2.75) is 50.3 Å². The molecule has 7 unspecified atom stereocenters. The Morgan fingerprint density at radius 3 is 2.43 bits per heavy atom. The summed E-state index contributed by atoms with van der Waals surface area (Å²) in [5.74, 6) is -2.86. The zero-order valence-electron chi connectivity index (χ0n) is 15.3. The van der Waals surface area contributed by atoms with Gasteiger partial charge in [-0.3, -0.25) is 4.79 Å². The summed E-state index contributed by atoms with van der Waals surface area (Å²) >= 11 is 0. The Bertz CT molecular complexity index is 641. The minimum Gasteiger partial charge on any atom is -0.481 e. The summed E-state index contributed by atoms with van der Waals surface area (Å²) in [5.41, 5.74) is 0.244. The molecule has 0 aromatic carbocycles. The second-order valence-corrected chi connectivity index (χ2v) is 6.31. The third-order valence-corrected chi connectivity index (χ3v) is 4.61. The number of methoxy groups -OCH3 is 1. The fourth-order valence-electron chi connectivity index (χ4n) is 3.10. The van der Waals surface area contributed by atoms with Crippen molar-refractivity contribution < 1.29 is 54.1 Å². The third-order valence-electron chi connectivity index (χ3n) is 4.61. The molecule has 5 N–H and O–H groups in total. The van der Waals surface area contributed by atoms with Crippen LogP contribution in [-0.2, 0) is 28.5 Å². The molecule has 0 spiro atoms. The molecule has 2 rings (SSSR count). The minimum absolute atomic E-state index is 0.0216. The quantitative estimate of drug-likeness (QED) is 0.251. The van der Waals surface area contributed by atoms with Crippen LogP contribution in [-0.4, -0.2) is 88.2 Å². The Kier molecular flexibility index (Phi) is 7.52. The van der Waals surface area contributed by atoms with E-state index in [1.165, 1.54) is 6.08 Å². The summed E-state index contributed by atoms with van der Waals surface area (Å²) < 4.78 is 20.8. The number of ether oxygens (including phenoxy) is 4. The van der Waals surface area contributed by atoms with Crippen LogP contribution < -0.4 is 0 Å². The SMILES string of the molecule is C/C=C1\C(OC2OC(CO)C(O)C(O)C2O)OC=C(C(=O)OC)C1CC(=O)O. The number of carbonyl (C=O) groups is 2. The van der Waals surface area contributed by atoms with E-state index in [9.17, 15) is 35.1 Å². The fourth-order valence-corrected chi connectivity index (χ4v) is 3.10. The van der Waals surface area contributed by atoms with Crippen LogP contribution in [0.1, 0.15) is 13.3 Å². The van der Waals surface area contributed by atoms with Crippen LogP contribution in [0.2, 0.25) is 0 Å². The van der Waals surface area contributed by atoms with E-state index in [4.69, 9.17) is 14.2 Å². The summed E-state index contributed by atoms with van der Waals surface area (Å²) in [6, 6.07) is 0. The molecule has 1 saturated heterocycles. The van der Waals surface area contributed by atoms with E-state index >= 15 is 0 Å². The monoisotopic (exact) mass is 404 g/mol. The molecule has 0 aliphatic carbocycles. The fraction of sp³-hybridized carbons (Fsp3) is 0.647. The molecule has 2 aliphatic rings. The number of allylic oxidation sites excluding steroid dienone is 1. The molecule has 1 fully saturated rings. The van der Waals surface area contributed by atoms with Gasteiger partial charge in [-0.25, -0.2) is 4.79 Å². The van der Waals surface area contributed by atoms with Gasteiger partial charge in [0.05, 0.1) is 32.0 Å². The molecule has 2 heterocycles. The van der Waals surface area contributed by atoms with Crippen molar-refractivity contribution in [1.29, 1.82) is 0 Å². The maximum atomic E-state index is 11.9. The van der Waals surface area contributed by atoms with Gasteiger partial charge in [0.2, 0.25) is 6.29 Å². The number of aliphatic hydroxyl groups excluding tert-OH is 4. The number of aliphatic carboxylic acids is 1. The Labute approximate surface area is 160 Å². The number of rotatable bonds is 6. The number of hydrogen-bond donors (Lipinski definition) is 5. The normalized spacial score (nSPS) is 37.1. The molecule has 0 saturated carbocycles. The summed E-state index contributed by atoms with van der Waals surface area (Å²) in [6.07, 6.45) is -6.72. The van der Waals surface area contributed by atoms with Gasteiger partial charge in [0.1, 0.15) is 24.4 Å². The van der Waals surface area contributed by atoms with Gasteiger partial charge in [-0.15, -0.1) is 0 Å². The van der Waals surface area contributed by atoms with Crippen molar-refractivity contribution in [3.8, 4) is 0 Å². The number of hydrogen-bond acceptors (Lipinski definition) is 10. The van der Waals surface area contributed by atoms with Crippen LogP contribution >= 0.6 is 0 Å². The van der Waals surface area contributed by atoms with Crippen molar-refractivity contribution in [2.75, 3.05) is 13.7 Å². The van der Waals surface area contributed by atoms with Crippen molar-refractivity contribution in [3.05, 3.63) is 23.5 Å². The summed E-state index contributed by atoms with van der Waals surface area (Å²) in [6.45, 7) is 0.943. The highest BCUT2D eigenvalue weighted by atomic mass is 16.8. The van der Waals surface area contributed by atoms with E-state index in [1.54, 1.807) is 6.92 Å². The average molecular weight is 404 g/mol. The van der Waals surface area contributed by atoms with E-state index in [0.717, 1.165) is 13.4 Å². The van der Waals surface area contributed by atoms with E-state index in [0.29, 0.717) is 0 Å². The van der Waals surface area contributed by atoms with E-state index < -0.39 is 67.9 Å². The lowest BCUT2D eigenvalue weighted by atomic mass is 9.86. The molecule has 0 amide bonds. The van der Waals surface area contributed by atoms with Gasteiger partial charge in [-0.1, -0.05) is 6.08 Å². The standard InChI is InChI=1S/C17H24O11/c1-3-7-8(4-11(19)20)9(15(24)25-2)6-26-16(7)28-17-14(23)13(22)12(21)10(5-18)27-17/h3,6,8,10,12-14,16-18,21-23H,4-5H2,1-2H3,(H,19,20)/b7-3-. The molecule has 0 aromatic rings. The molecule has 11 nitrogen and oxygen atoms in total. The minimum atomic E-state index is -1.66. The Hall–Kier alpha value is -2.02. The highest BCUT2D eigenvalue weighted by molar-refractivity contribution is 5.90. The number of aliphatic hydroxyl groups is 4. The second-order valence-electron chi connectivity index (χ2n) is 6.31. The van der Waals surface area contributed by atoms with Crippen LogP contribution in [0.3, 0.4) is 0 Å². The van der Waals surface area contributed by atoms with Gasteiger partial charge in [0.15, 0.2) is 6.29 Å². The van der Waals surface area contributed by atoms with Crippen LogP contribution in [0.5, 0.6) is 0 Å². The molecule has 158 valence electrons. The number of carboxylic acid groups (broad SMARTS) is 1. The molecule has 28 heavy (non-hydrogen) atoms. The smallest absolute Gasteiger partial charge is 0.337 e. The number of carboxylic acids is 1. The highest BCUT2D eigenvalue weighted by Crippen LogP contribution is 2.35. The second kappa shape index (κ2) is 9.45. The van der Waals surface area contributed by atoms with Crippen LogP contribution in [0, 0.1) is 5.92 Å². The molecule has 0 aromatic heterocycles. The summed E-state index contributed by atoms with van der Waals surface area (Å²) in [5, 5.41) is 48.2. The lowest BCUT2D eigenvalue weighted by molar-refractivity contribution is -0.327. The number of carbonyl (C=O) groups excluding carboxylic acids is 1. The topological polar surface area (TPSA) is 172 Å². The highest BCUT2D eigenvalue weighted by Gasteiger charge is 2.46. The molecule has 0 radical (unpaired) electrons. The predicted octanol–water partition coefficient (Wildman–Crippen LogP) is -1.75. The molecular weight excluding hydrogens is 380 g/mol. The Balaban J connectivity index is 2.26. The van der Waals surface area contributed by atoms with Crippen LogP contribution in [0.25, 0.3) is 0 Å². The number of esters is 1. The lowest BCUT2D eigenvalue weighted by Gasteiger charge is -2.41. The zero-order valence-corrected chi connectivity index (χ0v) is 15.3. The van der Waals surface area contributed by atoms with E-state index in [2.05, 4.69) is 4.74 Å². The maximum absolute atomic E-state index is 11.9. The van der Waals surface area contributed by atoms with Gasteiger partial charge < -0.3 is 44.5 Å². The van der Waals surface area contributed by atoms with E-state index in [-0.39, 0.29) is 11.1 Å². The van der Waals surface area contributed by atoms with Crippen molar-refractivity contribution >= 4 is 11.9 Å². The molecule has 11 heteroatoms. The van der Waals surface area contributed by atoms with Gasteiger partial charge >= 0.3 is 11.9 Å². The first-order valence-electron chi connectivity index (χ1n) is 8.52. The first kappa shape index (κ1) is 22.3. The van der Waals surface area contributed by atoms with Crippen molar-refractivity contribution in [2.24, 2.45) is 5.92 Å². The largest absolute Gasteiger partial charge is 0.481 e. The lowest BCUT2D eigenvalue weighted by Crippen LogP contribution is -2.60. The average Bonchev–Trinajstić information content (AvgIpc) is 2.67. The van der Waals surface area contributed by atoms with Gasteiger partial charge in [0, 0.05) is 11.5 Å². The summed E-state index contributed by atoms with van der Waals surface area (Å²) in [7, 11) is 1.15. The van der Waals surface area contributed by atoms with Gasteiger partial charge in [0.25, 0.3) is 0 Å². The molecule has 2 aliphatic heterocycles.